The lowest BCUT2D eigenvalue weighted by molar-refractivity contribution is 0.237. The second kappa shape index (κ2) is 6.35. The van der Waals surface area contributed by atoms with E-state index in [1.807, 2.05) is 0 Å². The third-order valence-corrected chi connectivity index (χ3v) is 4.04. The maximum atomic E-state index is 3.50. The summed E-state index contributed by atoms with van der Waals surface area (Å²) in [6, 6.07) is 6.59. The summed E-state index contributed by atoms with van der Waals surface area (Å²) in [5.74, 6) is 0.827. The molecule has 1 fully saturated rings. The maximum absolute atomic E-state index is 3.50. The molecule has 0 amide bonds. The molecule has 100 valence electrons. The lowest BCUT2D eigenvalue weighted by Gasteiger charge is -2.28. The third-order valence-electron chi connectivity index (χ3n) is 4.04. The molecule has 0 saturated carbocycles. The maximum Gasteiger partial charge on any atom is 0.0236 e. The summed E-state index contributed by atoms with van der Waals surface area (Å²) in [4.78, 5) is 2.48. The zero-order valence-electron chi connectivity index (χ0n) is 12.0. The minimum atomic E-state index is 0.827. The summed E-state index contributed by atoms with van der Waals surface area (Å²) in [6.45, 7) is 9.13. The Kier molecular flexibility index (Phi) is 4.79. The van der Waals surface area contributed by atoms with Crippen LogP contribution in [0.25, 0.3) is 0 Å². The van der Waals surface area contributed by atoms with Crippen LogP contribution in [-0.4, -0.2) is 31.6 Å². The van der Waals surface area contributed by atoms with Crippen molar-refractivity contribution in [3.8, 4) is 0 Å². The van der Waals surface area contributed by atoms with Crippen molar-refractivity contribution in [3.05, 3.63) is 34.9 Å². The Hall–Kier alpha value is -0.860. The smallest absolute Gasteiger partial charge is 0.0236 e. The van der Waals surface area contributed by atoms with Gasteiger partial charge in [-0.2, -0.15) is 0 Å². The standard InChI is InChI=1S/C16H26N2/c1-13-6-4-7-14(2)16(13)12-18(3)11-15-8-5-9-17-10-15/h4,6-7,15,17H,5,8-12H2,1-3H3. The normalized spacial score (nSPS) is 20.3. The van der Waals surface area contributed by atoms with Crippen LogP contribution in [0.5, 0.6) is 0 Å². The molecule has 1 aromatic rings. The van der Waals surface area contributed by atoms with Gasteiger partial charge < -0.3 is 10.2 Å². The predicted octanol–water partition coefficient (Wildman–Crippen LogP) is 2.73. The molecule has 0 spiro atoms. The van der Waals surface area contributed by atoms with E-state index in [4.69, 9.17) is 0 Å². The van der Waals surface area contributed by atoms with Crippen LogP contribution < -0.4 is 5.32 Å². The Morgan fingerprint density at radius 1 is 1.28 bits per heavy atom. The van der Waals surface area contributed by atoms with Gasteiger partial charge in [0, 0.05) is 13.1 Å². The first kappa shape index (κ1) is 13.6. The number of rotatable bonds is 4. The molecule has 0 aliphatic carbocycles. The van der Waals surface area contributed by atoms with Gasteiger partial charge in [0.05, 0.1) is 0 Å². The minimum Gasteiger partial charge on any atom is -0.316 e. The van der Waals surface area contributed by atoms with E-state index in [1.54, 1.807) is 0 Å². The quantitative estimate of drug-likeness (QED) is 0.879. The van der Waals surface area contributed by atoms with E-state index in [9.17, 15) is 0 Å². The van der Waals surface area contributed by atoms with Crippen molar-refractivity contribution in [1.29, 1.82) is 0 Å². The van der Waals surface area contributed by atoms with Crippen molar-refractivity contribution < 1.29 is 0 Å². The van der Waals surface area contributed by atoms with E-state index in [1.165, 1.54) is 49.2 Å². The van der Waals surface area contributed by atoms with Crippen molar-refractivity contribution in [2.75, 3.05) is 26.7 Å². The van der Waals surface area contributed by atoms with E-state index in [0.29, 0.717) is 0 Å². The number of aryl methyl sites for hydroxylation is 2. The van der Waals surface area contributed by atoms with E-state index in [-0.39, 0.29) is 0 Å². The highest BCUT2D eigenvalue weighted by molar-refractivity contribution is 5.33. The fraction of sp³-hybridized carbons (Fsp3) is 0.625. The number of hydrogen-bond acceptors (Lipinski definition) is 2. The van der Waals surface area contributed by atoms with Crippen LogP contribution in [0.2, 0.25) is 0 Å². The van der Waals surface area contributed by atoms with Gasteiger partial charge in [-0.15, -0.1) is 0 Å². The van der Waals surface area contributed by atoms with Crippen molar-refractivity contribution in [2.24, 2.45) is 5.92 Å². The van der Waals surface area contributed by atoms with Crippen LogP contribution in [-0.2, 0) is 6.54 Å². The van der Waals surface area contributed by atoms with Gasteiger partial charge in [0.2, 0.25) is 0 Å². The number of nitrogens with zero attached hydrogens (tertiary/aromatic N) is 1. The van der Waals surface area contributed by atoms with Gasteiger partial charge in [-0.05, 0) is 69.4 Å². The highest BCUT2D eigenvalue weighted by Gasteiger charge is 2.15. The highest BCUT2D eigenvalue weighted by Crippen LogP contribution is 2.17. The van der Waals surface area contributed by atoms with Crippen molar-refractivity contribution in [1.82, 2.24) is 10.2 Å². The zero-order valence-corrected chi connectivity index (χ0v) is 12.0. The SMILES string of the molecule is Cc1cccc(C)c1CN(C)CC1CCCNC1. The van der Waals surface area contributed by atoms with Crippen LogP contribution in [0, 0.1) is 19.8 Å². The Morgan fingerprint density at radius 2 is 2.00 bits per heavy atom. The number of piperidine rings is 1. The molecule has 1 atom stereocenters. The van der Waals surface area contributed by atoms with Gasteiger partial charge in [-0.25, -0.2) is 0 Å². The first-order valence-corrected chi connectivity index (χ1v) is 7.11. The number of benzene rings is 1. The lowest BCUT2D eigenvalue weighted by Crippen LogP contribution is -2.36. The molecule has 2 nitrogen and oxygen atoms in total. The van der Waals surface area contributed by atoms with Crippen molar-refractivity contribution >= 4 is 0 Å². The molecule has 1 aliphatic rings. The van der Waals surface area contributed by atoms with Gasteiger partial charge in [-0.3, -0.25) is 0 Å². The fourth-order valence-corrected chi connectivity index (χ4v) is 2.95. The first-order valence-electron chi connectivity index (χ1n) is 7.11. The average molecular weight is 246 g/mol. The largest absolute Gasteiger partial charge is 0.316 e. The predicted molar refractivity (Wildman–Crippen MR) is 77.8 cm³/mol. The molecule has 1 N–H and O–H groups in total. The second-order valence-corrected chi connectivity index (χ2v) is 5.78. The first-order chi connectivity index (χ1) is 8.66. The molecule has 0 radical (unpaired) electrons. The zero-order chi connectivity index (χ0) is 13.0. The summed E-state index contributed by atoms with van der Waals surface area (Å²) in [5.41, 5.74) is 4.34. The fourth-order valence-electron chi connectivity index (χ4n) is 2.95. The van der Waals surface area contributed by atoms with Crippen molar-refractivity contribution in [2.45, 2.75) is 33.2 Å². The van der Waals surface area contributed by atoms with E-state index >= 15 is 0 Å². The summed E-state index contributed by atoms with van der Waals surface area (Å²) in [7, 11) is 2.25. The molecule has 1 aromatic carbocycles. The van der Waals surface area contributed by atoms with Crippen LogP contribution in [0.1, 0.15) is 29.5 Å². The summed E-state index contributed by atoms with van der Waals surface area (Å²) >= 11 is 0. The molecule has 1 aliphatic heterocycles. The topological polar surface area (TPSA) is 15.3 Å². The molecule has 2 rings (SSSR count). The van der Waals surface area contributed by atoms with E-state index in [0.717, 1.165) is 12.5 Å². The summed E-state index contributed by atoms with van der Waals surface area (Å²) in [5, 5.41) is 3.50. The van der Waals surface area contributed by atoms with Crippen LogP contribution in [0.15, 0.2) is 18.2 Å². The average Bonchev–Trinajstić information content (AvgIpc) is 2.35. The third kappa shape index (κ3) is 3.56. The Balaban J connectivity index is 1.92. The van der Waals surface area contributed by atoms with Crippen LogP contribution >= 0.6 is 0 Å². The Labute approximate surface area is 111 Å². The van der Waals surface area contributed by atoms with Gasteiger partial charge in [0.1, 0.15) is 0 Å². The molecule has 0 aromatic heterocycles. The number of hydrogen-bond donors (Lipinski definition) is 1. The van der Waals surface area contributed by atoms with Gasteiger partial charge in [0.15, 0.2) is 0 Å². The molecule has 0 bridgehead atoms. The van der Waals surface area contributed by atoms with Gasteiger partial charge >= 0.3 is 0 Å². The Morgan fingerprint density at radius 3 is 2.61 bits per heavy atom. The minimum absolute atomic E-state index is 0.827. The summed E-state index contributed by atoms with van der Waals surface area (Å²) in [6.07, 6.45) is 2.71. The van der Waals surface area contributed by atoms with E-state index in [2.05, 4.69) is 49.3 Å². The van der Waals surface area contributed by atoms with Gasteiger partial charge in [0.25, 0.3) is 0 Å². The molecule has 1 unspecified atom stereocenters. The molecule has 18 heavy (non-hydrogen) atoms. The van der Waals surface area contributed by atoms with Crippen LogP contribution in [0.4, 0.5) is 0 Å². The molecular formula is C16H26N2. The molecule has 1 heterocycles. The van der Waals surface area contributed by atoms with Crippen LogP contribution in [0.3, 0.4) is 0 Å². The lowest BCUT2D eigenvalue weighted by atomic mass is 9.98. The monoisotopic (exact) mass is 246 g/mol. The second-order valence-electron chi connectivity index (χ2n) is 5.78. The number of nitrogens with one attached hydrogen (secondary N) is 1. The van der Waals surface area contributed by atoms with Crippen molar-refractivity contribution in [3.63, 3.8) is 0 Å². The highest BCUT2D eigenvalue weighted by atomic mass is 15.1. The Bertz CT molecular complexity index is 360. The molecule has 2 heteroatoms. The summed E-state index contributed by atoms with van der Waals surface area (Å²) < 4.78 is 0. The molecule has 1 saturated heterocycles. The molecular weight excluding hydrogens is 220 g/mol. The van der Waals surface area contributed by atoms with Gasteiger partial charge in [-0.1, -0.05) is 18.2 Å². The van der Waals surface area contributed by atoms with E-state index < -0.39 is 0 Å².